The molecule has 0 saturated heterocycles. The Kier molecular flexibility index (Phi) is 7.50. The Morgan fingerprint density at radius 2 is 1.60 bits per heavy atom. The van der Waals surface area contributed by atoms with Crippen molar-refractivity contribution in [2.24, 2.45) is 0 Å². The van der Waals surface area contributed by atoms with Gasteiger partial charge in [-0.2, -0.15) is 0 Å². The molecule has 0 aliphatic rings. The molecule has 0 amide bonds. The quantitative estimate of drug-likeness (QED) is 0.394. The highest BCUT2D eigenvalue weighted by atomic mass is 16.5. The fourth-order valence-electron chi connectivity index (χ4n) is 3.31. The smallest absolute Gasteiger partial charge is 0.342 e. The van der Waals surface area contributed by atoms with Crippen LogP contribution in [0, 0.1) is 6.92 Å². The molecule has 4 heteroatoms. The molecule has 0 heterocycles. The van der Waals surface area contributed by atoms with E-state index in [0.29, 0.717) is 30.3 Å². The zero-order valence-corrected chi connectivity index (χ0v) is 17.8. The van der Waals surface area contributed by atoms with E-state index in [1.54, 1.807) is 13.0 Å². The first kappa shape index (κ1) is 21.4. The fraction of sp³-hybridized carbons (Fsp3) is 0.269. The summed E-state index contributed by atoms with van der Waals surface area (Å²) in [6.45, 7) is 6.47. The average molecular weight is 405 g/mol. The molecule has 30 heavy (non-hydrogen) atoms. The maximum Gasteiger partial charge on any atom is 0.342 e. The summed E-state index contributed by atoms with van der Waals surface area (Å²) in [5.74, 6) is 0.747. The second-order valence-electron chi connectivity index (χ2n) is 7.03. The van der Waals surface area contributed by atoms with E-state index in [2.05, 4.69) is 6.92 Å². The molecule has 1 unspecified atom stereocenters. The van der Waals surface area contributed by atoms with E-state index in [1.165, 1.54) is 0 Å². The molecule has 1 atom stereocenters. The first-order valence-electron chi connectivity index (χ1n) is 10.3. The average Bonchev–Trinajstić information content (AvgIpc) is 2.77. The van der Waals surface area contributed by atoms with Crippen LogP contribution < -0.4 is 9.47 Å². The van der Waals surface area contributed by atoms with Gasteiger partial charge in [-0.05, 0) is 43.0 Å². The number of hydrogen-bond donors (Lipinski definition) is 0. The van der Waals surface area contributed by atoms with E-state index in [-0.39, 0.29) is 12.1 Å². The van der Waals surface area contributed by atoms with Crippen molar-refractivity contribution in [1.82, 2.24) is 0 Å². The van der Waals surface area contributed by atoms with Gasteiger partial charge in [-0.15, -0.1) is 0 Å². The minimum atomic E-state index is -0.387. The lowest BCUT2D eigenvalue weighted by atomic mass is 10.0. The lowest BCUT2D eigenvalue weighted by molar-refractivity contribution is 0.0517. The van der Waals surface area contributed by atoms with Gasteiger partial charge in [-0.25, -0.2) is 4.79 Å². The molecule has 0 spiro atoms. The van der Waals surface area contributed by atoms with Gasteiger partial charge in [0.1, 0.15) is 29.8 Å². The highest BCUT2D eigenvalue weighted by molar-refractivity contribution is 5.94. The van der Waals surface area contributed by atoms with Gasteiger partial charge in [0.05, 0.1) is 6.61 Å². The van der Waals surface area contributed by atoms with Gasteiger partial charge in [0.2, 0.25) is 0 Å². The standard InChI is InChI=1S/C26H28O4/c1-4-23(21-14-10-7-11-15-21)30-24-17-22(29-18-20-12-8-6-9-13-20)16-19(3)25(24)26(27)28-5-2/h6-17,23H,4-5,18H2,1-3H3. The minimum absolute atomic E-state index is 0.178. The molecule has 4 nitrogen and oxygen atoms in total. The van der Waals surface area contributed by atoms with E-state index in [0.717, 1.165) is 23.1 Å². The zero-order chi connectivity index (χ0) is 21.3. The Morgan fingerprint density at radius 3 is 2.23 bits per heavy atom. The van der Waals surface area contributed by atoms with Crippen LogP contribution in [0.4, 0.5) is 0 Å². The lowest BCUT2D eigenvalue weighted by Gasteiger charge is -2.21. The Bertz CT molecular complexity index is 952. The van der Waals surface area contributed by atoms with Crippen molar-refractivity contribution in [2.75, 3.05) is 6.61 Å². The topological polar surface area (TPSA) is 44.8 Å². The van der Waals surface area contributed by atoms with E-state index in [4.69, 9.17) is 14.2 Å². The van der Waals surface area contributed by atoms with Crippen molar-refractivity contribution >= 4 is 5.97 Å². The number of hydrogen-bond acceptors (Lipinski definition) is 4. The van der Waals surface area contributed by atoms with E-state index in [1.807, 2.05) is 73.7 Å². The minimum Gasteiger partial charge on any atom is -0.489 e. The highest BCUT2D eigenvalue weighted by Gasteiger charge is 2.22. The summed E-state index contributed by atoms with van der Waals surface area (Å²) < 4.78 is 17.6. The molecule has 3 aromatic rings. The normalized spacial score (nSPS) is 11.6. The van der Waals surface area contributed by atoms with Crippen LogP contribution in [0.15, 0.2) is 72.8 Å². The molecule has 156 valence electrons. The largest absolute Gasteiger partial charge is 0.489 e. The molecule has 0 fully saturated rings. The summed E-state index contributed by atoms with van der Waals surface area (Å²) in [6.07, 6.45) is 0.587. The van der Waals surface area contributed by atoms with Crippen LogP contribution in [0.3, 0.4) is 0 Å². The third kappa shape index (κ3) is 5.41. The third-order valence-corrected chi connectivity index (χ3v) is 4.81. The van der Waals surface area contributed by atoms with Gasteiger partial charge < -0.3 is 14.2 Å². The molecule has 0 radical (unpaired) electrons. The van der Waals surface area contributed by atoms with Crippen molar-refractivity contribution in [3.05, 3.63) is 95.1 Å². The number of aryl methyl sites for hydroxylation is 1. The summed E-state index contributed by atoms with van der Waals surface area (Å²) in [5, 5.41) is 0. The van der Waals surface area contributed by atoms with Crippen molar-refractivity contribution in [3.8, 4) is 11.5 Å². The summed E-state index contributed by atoms with van der Waals surface area (Å²) >= 11 is 0. The number of carbonyl (C=O) groups is 1. The highest BCUT2D eigenvalue weighted by Crippen LogP contribution is 2.34. The Labute approximate surface area is 178 Å². The first-order valence-corrected chi connectivity index (χ1v) is 10.3. The van der Waals surface area contributed by atoms with Crippen LogP contribution >= 0.6 is 0 Å². The second kappa shape index (κ2) is 10.5. The van der Waals surface area contributed by atoms with Crippen LogP contribution in [0.5, 0.6) is 11.5 Å². The molecule has 0 aliphatic heterocycles. The maximum absolute atomic E-state index is 12.6. The molecule has 3 rings (SSSR count). The summed E-state index contributed by atoms with van der Waals surface area (Å²) in [5.41, 5.74) is 3.33. The predicted octanol–water partition coefficient (Wildman–Crippen LogP) is 6.28. The van der Waals surface area contributed by atoms with Crippen molar-refractivity contribution in [2.45, 2.75) is 39.9 Å². The van der Waals surface area contributed by atoms with E-state index < -0.39 is 0 Å². The van der Waals surface area contributed by atoms with Crippen LogP contribution in [0.2, 0.25) is 0 Å². The summed E-state index contributed by atoms with van der Waals surface area (Å²) in [7, 11) is 0. The first-order chi connectivity index (χ1) is 14.6. The number of esters is 1. The van der Waals surface area contributed by atoms with E-state index in [9.17, 15) is 4.79 Å². The van der Waals surface area contributed by atoms with Crippen LogP contribution in [0.1, 0.15) is 53.4 Å². The van der Waals surface area contributed by atoms with Crippen LogP contribution in [-0.2, 0) is 11.3 Å². The van der Waals surface area contributed by atoms with Gasteiger partial charge in [-0.3, -0.25) is 0 Å². The molecule has 0 N–H and O–H groups in total. The van der Waals surface area contributed by atoms with Crippen molar-refractivity contribution < 1.29 is 19.0 Å². The number of ether oxygens (including phenoxy) is 3. The van der Waals surface area contributed by atoms with Crippen LogP contribution in [0.25, 0.3) is 0 Å². The molecular weight excluding hydrogens is 376 g/mol. The predicted molar refractivity (Wildman–Crippen MR) is 118 cm³/mol. The number of benzene rings is 3. The molecule has 0 bridgehead atoms. The summed E-state index contributed by atoms with van der Waals surface area (Å²) in [6, 6.07) is 23.6. The second-order valence-corrected chi connectivity index (χ2v) is 7.03. The number of rotatable bonds is 9. The molecule has 3 aromatic carbocycles. The molecule has 0 saturated carbocycles. The van der Waals surface area contributed by atoms with E-state index >= 15 is 0 Å². The zero-order valence-electron chi connectivity index (χ0n) is 17.8. The van der Waals surface area contributed by atoms with Gasteiger partial charge in [-0.1, -0.05) is 67.6 Å². The Hall–Kier alpha value is -3.27. The number of carbonyl (C=O) groups excluding carboxylic acids is 1. The van der Waals surface area contributed by atoms with Crippen molar-refractivity contribution in [1.29, 1.82) is 0 Å². The van der Waals surface area contributed by atoms with Gasteiger partial charge in [0.15, 0.2) is 0 Å². The monoisotopic (exact) mass is 404 g/mol. The van der Waals surface area contributed by atoms with Crippen molar-refractivity contribution in [3.63, 3.8) is 0 Å². The van der Waals surface area contributed by atoms with Gasteiger partial charge >= 0.3 is 5.97 Å². The fourth-order valence-corrected chi connectivity index (χ4v) is 3.31. The SMILES string of the molecule is CCOC(=O)c1c(C)cc(OCc2ccccc2)cc1OC(CC)c1ccccc1. The van der Waals surface area contributed by atoms with Gasteiger partial charge in [0, 0.05) is 6.07 Å². The summed E-state index contributed by atoms with van der Waals surface area (Å²) in [4.78, 5) is 12.6. The molecule has 0 aromatic heterocycles. The Balaban J connectivity index is 1.92. The lowest BCUT2D eigenvalue weighted by Crippen LogP contribution is -2.13. The Morgan fingerprint density at radius 1 is 0.933 bits per heavy atom. The molecular formula is C26H28O4. The maximum atomic E-state index is 12.6. The van der Waals surface area contributed by atoms with Crippen LogP contribution in [-0.4, -0.2) is 12.6 Å². The third-order valence-electron chi connectivity index (χ3n) is 4.81. The molecule has 0 aliphatic carbocycles. The van der Waals surface area contributed by atoms with Gasteiger partial charge in [0.25, 0.3) is 0 Å².